The fourth-order valence-electron chi connectivity index (χ4n) is 1.82. The number of amides is 1. The number of β-amino-alcohol motifs (C(OH)–C–C–N with tert-alkyl or cyclic N) is 1. The van der Waals surface area contributed by atoms with Gasteiger partial charge in [-0.3, -0.25) is 4.79 Å². The molecule has 74 valence electrons. The molecule has 1 aliphatic rings. The highest BCUT2D eigenvalue weighted by atomic mass is 16.3. The van der Waals surface area contributed by atoms with Gasteiger partial charge in [-0.1, -0.05) is 24.3 Å². The minimum Gasteiger partial charge on any atom is -0.387 e. The lowest BCUT2D eigenvalue weighted by atomic mass is 9.97. The van der Waals surface area contributed by atoms with Gasteiger partial charge in [0.1, 0.15) is 0 Å². The van der Waals surface area contributed by atoms with Crippen molar-refractivity contribution >= 4 is 5.91 Å². The maximum atomic E-state index is 11.2. The second-order valence-corrected chi connectivity index (χ2v) is 3.61. The molecule has 1 amide bonds. The van der Waals surface area contributed by atoms with Crippen LogP contribution in [0, 0.1) is 0 Å². The normalized spacial score (nSPS) is 20.4. The van der Waals surface area contributed by atoms with Gasteiger partial charge in [0.25, 0.3) is 0 Å². The summed E-state index contributed by atoms with van der Waals surface area (Å²) in [5.41, 5.74) is 1.99. The number of aliphatic hydroxyl groups is 1. The number of fused-ring (bicyclic) bond motifs is 1. The zero-order valence-electron chi connectivity index (χ0n) is 8.10. The van der Waals surface area contributed by atoms with Crippen molar-refractivity contribution < 1.29 is 9.90 Å². The fraction of sp³-hybridized carbons (Fsp3) is 0.364. The van der Waals surface area contributed by atoms with Gasteiger partial charge in [0.05, 0.1) is 12.6 Å². The number of benzene rings is 1. The summed E-state index contributed by atoms with van der Waals surface area (Å²) in [7, 11) is 0. The van der Waals surface area contributed by atoms with Crippen LogP contribution in [-0.2, 0) is 11.3 Å². The topological polar surface area (TPSA) is 40.5 Å². The molecule has 3 heteroatoms. The maximum Gasteiger partial charge on any atom is 0.219 e. The highest BCUT2D eigenvalue weighted by molar-refractivity contribution is 5.73. The van der Waals surface area contributed by atoms with Gasteiger partial charge < -0.3 is 10.0 Å². The van der Waals surface area contributed by atoms with E-state index in [1.165, 1.54) is 6.92 Å². The number of hydrogen-bond acceptors (Lipinski definition) is 2. The molecule has 2 rings (SSSR count). The largest absolute Gasteiger partial charge is 0.387 e. The molecule has 1 aromatic carbocycles. The van der Waals surface area contributed by atoms with Gasteiger partial charge in [-0.15, -0.1) is 0 Å². The molecule has 1 aromatic rings. The Morgan fingerprint density at radius 2 is 2.21 bits per heavy atom. The SMILES string of the molecule is CC(=O)N1Cc2ccccc2C(O)C1. The molecule has 0 aromatic heterocycles. The molecule has 1 N–H and O–H groups in total. The summed E-state index contributed by atoms with van der Waals surface area (Å²) in [5.74, 6) is 0.0125. The Hall–Kier alpha value is -1.35. The van der Waals surface area contributed by atoms with Crippen molar-refractivity contribution in [2.75, 3.05) is 6.54 Å². The van der Waals surface area contributed by atoms with E-state index in [1.54, 1.807) is 4.90 Å². The van der Waals surface area contributed by atoms with Crippen molar-refractivity contribution in [2.24, 2.45) is 0 Å². The van der Waals surface area contributed by atoms with E-state index in [1.807, 2.05) is 24.3 Å². The smallest absolute Gasteiger partial charge is 0.219 e. The molecule has 1 aliphatic heterocycles. The molecule has 0 saturated carbocycles. The number of rotatable bonds is 0. The van der Waals surface area contributed by atoms with Crippen LogP contribution in [0.3, 0.4) is 0 Å². The van der Waals surface area contributed by atoms with Gasteiger partial charge in [-0.25, -0.2) is 0 Å². The lowest BCUT2D eigenvalue weighted by Crippen LogP contribution is -2.36. The summed E-state index contributed by atoms with van der Waals surface area (Å²) >= 11 is 0. The van der Waals surface area contributed by atoms with Crippen molar-refractivity contribution in [3.63, 3.8) is 0 Å². The van der Waals surface area contributed by atoms with Gasteiger partial charge in [-0.05, 0) is 11.1 Å². The zero-order valence-corrected chi connectivity index (χ0v) is 8.10. The van der Waals surface area contributed by atoms with E-state index in [0.717, 1.165) is 11.1 Å². The third kappa shape index (κ3) is 1.51. The van der Waals surface area contributed by atoms with Crippen LogP contribution in [0.5, 0.6) is 0 Å². The highest BCUT2D eigenvalue weighted by Crippen LogP contribution is 2.25. The molecule has 3 nitrogen and oxygen atoms in total. The van der Waals surface area contributed by atoms with Crippen LogP contribution in [0.2, 0.25) is 0 Å². The Morgan fingerprint density at radius 3 is 2.93 bits per heavy atom. The Labute approximate surface area is 83.0 Å². The van der Waals surface area contributed by atoms with Crippen LogP contribution >= 0.6 is 0 Å². The van der Waals surface area contributed by atoms with Crippen LogP contribution < -0.4 is 0 Å². The molecule has 1 heterocycles. The zero-order chi connectivity index (χ0) is 10.1. The molecular weight excluding hydrogens is 178 g/mol. The lowest BCUT2D eigenvalue weighted by molar-refractivity contribution is -0.131. The summed E-state index contributed by atoms with van der Waals surface area (Å²) in [5, 5.41) is 9.79. The molecule has 0 spiro atoms. The minimum atomic E-state index is -0.538. The molecule has 14 heavy (non-hydrogen) atoms. The van der Waals surface area contributed by atoms with Gasteiger partial charge in [0, 0.05) is 13.5 Å². The van der Waals surface area contributed by atoms with E-state index in [4.69, 9.17) is 0 Å². The van der Waals surface area contributed by atoms with E-state index in [-0.39, 0.29) is 5.91 Å². The van der Waals surface area contributed by atoms with Crippen molar-refractivity contribution in [3.8, 4) is 0 Å². The van der Waals surface area contributed by atoms with Crippen molar-refractivity contribution in [2.45, 2.75) is 19.6 Å². The quantitative estimate of drug-likeness (QED) is 0.666. The van der Waals surface area contributed by atoms with Crippen LogP contribution in [0.4, 0.5) is 0 Å². The monoisotopic (exact) mass is 191 g/mol. The van der Waals surface area contributed by atoms with Gasteiger partial charge in [0.2, 0.25) is 5.91 Å². The minimum absolute atomic E-state index is 0.0125. The standard InChI is InChI=1S/C11H13NO2/c1-8(13)12-6-9-4-2-3-5-10(9)11(14)7-12/h2-5,11,14H,6-7H2,1H3. The van der Waals surface area contributed by atoms with Crippen molar-refractivity contribution in [1.29, 1.82) is 0 Å². The summed E-state index contributed by atoms with van der Waals surface area (Å²) in [6, 6.07) is 7.70. The third-order valence-electron chi connectivity index (χ3n) is 2.61. The van der Waals surface area contributed by atoms with Crippen LogP contribution in [0.1, 0.15) is 24.2 Å². The average molecular weight is 191 g/mol. The van der Waals surface area contributed by atoms with Gasteiger partial charge in [-0.2, -0.15) is 0 Å². The lowest BCUT2D eigenvalue weighted by Gasteiger charge is -2.31. The third-order valence-corrected chi connectivity index (χ3v) is 2.61. The predicted octanol–water partition coefficient (Wildman–Crippen LogP) is 1.08. The van der Waals surface area contributed by atoms with Gasteiger partial charge in [0.15, 0.2) is 0 Å². The van der Waals surface area contributed by atoms with E-state index in [9.17, 15) is 9.90 Å². The average Bonchev–Trinajstić information content (AvgIpc) is 2.17. The Bertz CT molecular complexity index is 362. The molecule has 0 fully saturated rings. The maximum absolute atomic E-state index is 11.2. The molecular formula is C11H13NO2. The first-order valence-corrected chi connectivity index (χ1v) is 4.70. The van der Waals surface area contributed by atoms with E-state index in [2.05, 4.69) is 0 Å². The Morgan fingerprint density at radius 1 is 1.50 bits per heavy atom. The number of carbonyl (C=O) groups excluding carboxylic acids is 1. The first-order chi connectivity index (χ1) is 6.68. The van der Waals surface area contributed by atoms with Crippen LogP contribution in [-0.4, -0.2) is 22.5 Å². The number of aliphatic hydroxyl groups excluding tert-OH is 1. The number of hydrogen-bond donors (Lipinski definition) is 1. The first kappa shape index (κ1) is 9.21. The number of nitrogens with zero attached hydrogens (tertiary/aromatic N) is 1. The molecule has 0 radical (unpaired) electrons. The molecule has 1 atom stereocenters. The van der Waals surface area contributed by atoms with Crippen molar-refractivity contribution in [1.82, 2.24) is 4.90 Å². The van der Waals surface area contributed by atoms with E-state index < -0.39 is 6.10 Å². The van der Waals surface area contributed by atoms with Gasteiger partial charge >= 0.3 is 0 Å². The fourth-order valence-corrected chi connectivity index (χ4v) is 1.82. The van der Waals surface area contributed by atoms with Crippen LogP contribution in [0.25, 0.3) is 0 Å². The second kappa shape index (κ2) is 3.42. The highest BCUT2D eigenvalue weighted by Gasteiger charge is 2.24. The number of carbonyl (C=O) groups is 1. The van der Waals surface area contributed by atoms with Crippen LogP contribution in [0.15, 0.2) is 24.3 Å². The Kier molecular flexibility index (Phi) is 2.25. The summed E-state index contributed by atoms with van der Waals surface area (Å²) in [6.45, 7) is 2.55. The first-order valence-electron chi connectivity index (χ1n) is 4.70. The predicted molar refractivity (Wildman–Crippen MR) is 52.5 cm³/mol. The summed E-state index contributed by atoms with van der Waals surface area (Å²) < 4.78 is 0. The summed E-state index contributed by atoms with van der Waals surface area (Å²) in [6.07, 6.45) is -0.538. The second-order valence-electron chi connectivity index (χ2n) is 3.61. The Balaban J connectivity index is 2.33. The van der Waals surface area contributed by atoms with Crippen molar-refractivity contribution in [3.05, 3.63) is 35.4 Å². The van der Waals surface area contributed by atoms with E-state index >= 15 is 0 Å². The molecule has 1 unspecified atom stereocenters. The molecule has 0 saturated heterocycles. The molecule has 0 bridgehead atoms. The summed E-state index contributed by atoms with van der Waals surface area (Å²) in [4.78, 5) is 12.8. The molecule has 0 aliphatic carbocycles. The van der Waals surface area contributed by atoms with E-state index in [0.29, 0.717) is 13.1 Å².